The van der Waals surface area contributed by atoms with Crippen molar-refractivity contribution in [3.63, 3.8) is 0 Å². The summed E-state index contributed by atoms with van der Waals surface area (Å²) in [5, 5.41) is 29.1. The number of hydrogen-bond acceptors (Lipinski definition) is 20. The van der Waals surface area contributed by atoms with Gasteiger partial charge in [-0.3, -0.25) is 4.79 Å². The zero-order valence-corrected chi connectivity index (χ0v) is 71.1. The van der Waals surface area contributed by atoms with E-state index in [-0.39, 0.29) is 72.8 Å². The second-order valence-electron chi connectivity index (χ2n) is 36.0. The van der Waals surface area contributed by atoms with E-state index < -0.39 is 43.1 Å². The molecule has 6 aromatic heterocycles. The number of sulfonamides is 2. The summed E-state index contributed by atoms with van der Waals surface area (Å²) in [6.07, 6.45) is 21.0. The topological polar surface area (TPSA) is 350 Å². The molecular formula is C86H106Cl2N14O13S2. The molecule has 2 aromatic carbocycles. The summed E-state index contributed by atoms with van der Waals surface area (Å²) in [7, 11) is -8.30. The summed E-state index contributed by atoms with van der Waals surface area (Å²) in [5.74, 6) is 2.77. The number of carboxylic acid groups (broad SMARTS) is 1. The van der Waals surface area contributed by atoms with Gasteiger partial charge >= 0.3 is 18.2 Å². The van der Waals surface area contributed by atoms with Gasteiger partial charge in [-0.25, -0.2) is 62.0 Å². The summed E-state index contributed by atoms with van der Waals surface area (Å²) in [4.78, 5) is 70.7. The lowest BCUT2D eigenvalue weighted by Crippen LogP contribution is -2.45. The van der Waals surface area contributed by atoms with Gasteiger partial charge in [0, 0.05) is 48.7 Å². The lowest BCUT2D eigenvalue weighted by atomic mass is 9.90. The van der Waals surface area contributed by atoms with Gasteiger partial charge in [0.2, 0.25) is 11.8 Å². The Bertz CT molecular complexity index is 5200. The lowest BCUT2D eigenvalue weighted by Gasteiger charge is -2.33. The average molecular weight is 1680 g/mol. The maximum absolute atomic E-state index is 13.5. The van der Waals surface area contributed by atoms with Gasteiger partial charge in [0.05, 0.1) is 36.4 Å². The molecule has 117 heavy (non-hydrogen) atoms. The Hall–Kier alpha value is -9.42. The van der Waals surface area contributed by atoms with Crippen molar-refractivity contribution in [2.45, 2.75) is 216 Å². The number of benzene rings is 2. The molecule has 31 heteroatoms. The predicted octanol–water partition coefficient (Wildman–Crippen LogP) is 16.6. The third-order valence-electron chi connectivity index (χ3n) is 24.9. The van der Waals surface area contributed by atoms with Crippen LogP contribution in [0, 0.1) is 45.3 Å². The fourth-order valence-corrected chi connectivity index (χ4v) is 20.8. The Balaban J connectivity index is 0.000000160. The first-order valence-electron chi connectivity index (χ1n) is 40.4. The minimum Gasteiger partial charge on any atom is -0.478 e. The fraction of sp³-hybridized carbons (Fsp3) is 0.512. The summed E-state index contributed by atoms with van der Waals surface area (Å²) in [6, 6.07) is 38.3. The maximum atomic E-state index is 13.5. The Kier molecular flexibility index (Phi) is 23.3. The molecular weight excluding hydrogens is 1570 g/mol. The quantitative estimate of drug-likeness (QED) is 0.0299. The Morgan fingerprint density at radius 2 is 0.915 bits per heavy atom. The number of hydrogen-bond donors (Lipinski definition) is 5. The van der Waals surface area contributed by atoms with Gasteiger partial charge in [0.15, 0.2) is 21.7 Å². The van der Waals surface area contributed by atoms with E-state index in [9.17, 15) is 36.0 Å². The molecule has 4 spiro atoms. The van der Waals surface area contributed by atoms with Crippen molar-refractivity contribution in [2.75, 3.05) is 36.9 Å². The SMILES string of the molecule is CC(C)(C)OC(=O)N1C[C@@H](CCC(Nc2cccc(S(=O)(=O)NC(=O)c3ccc(-n4ccc(OCCC5C6(CC6)C56CC6)n4)nc3Cl)n2)c2ccccc2)CC1(C)C.CC(C)(C)OC(=O)N1C[C@@H](CCC(Nc2cccc(S(N)(=O)=O)n2)c2ccccc2)CC1(C)C.O=C(O)c1ccc(-n2ccc(OCCC3C4(CC4)C34CC4)n2)nc1Cl. The van der Waals surface area contributed by atoms with Gasteiger partial charge in [-0.2, -0.15) is 8.42 Å². The number of nitrogens with one attached hydrogen (secondary N) is 3. The van der Waals surface area contributed by atoms with E-state index in [4.69, 9.17) is 52.4 Å². The minimum absolute atomic E-state index is 0.0264. The van der Waals surface area contributed by atoms with Gasteiger partial charge in [-0.05, 0) is 277 Å². The molecule has 0 bridgehead atoms. The van der Waals surface area contributed by atoms with Crippen LogP contribution >= 0.6 is 23.2 Å². The molecule has 6 N–H and O–H groups in total. The normalized spacial score (nSPS) is 20.2. The number of amides is 3. The van der Waals surface area contributed by atoms with E-state index in [2.05, 4.69) is 73.2 Å². The van der Waals surface area contributed by atoms with Crippen molar-refractivity contribution >= 4 is 78.9 Å². The summed E-state index contributed by atoms with van der Waals surface area (Å²) >= 11 is 12.3. The van der Waals surface area contributed by atoms with Crippen molar-refractivity contribution in [3.05, 3.63) is 178 Å². The highest BCUT2D eigenvalue weighted by Gasteiger charge is 2.86. The molecule has 8 fully saturated rings. The van der Waals surface area contributed by atoms with Crippen LogP contribution in [0.3, 0.4) is 0 Å². The molecule has 0 radical (unpaired) electrons. The Labute approximate surface area is 694 Å². The smallest absolute Gasteiger partial charge is 0.410 e. The van der Waals surface area contributed by atoms with Crippen LogP contribution in [0.1, 0.15) is 216 Å². The van der Waals surface area contributed by atoms with Crippen LogP contribution < -0.4 is 30.0 Å². The van der Waals surface area contributed by atoms with E-state index in [0.717, 1.165) is 67.9 Å². The molecule has 6 aliphatic carbocycles. The van der Waals surface area contributed by atoms with Gasteiger partial charge in [0.25, 0.3) is 26.0 Å². The standard InChI is InChI=1S/C43H52ClN7O6S.C25H36N4O4S.C18H18ClN3O3/c1-40(2,3)57-39(53)50-27-28(26-41(50,4)5)14-16-31(29-10-7-6-8-11-29)45-33-12-9-13-36(46-33)58(54,55)49-38(52)30-15-17-34(47-37(30)44)51-24-18-35(48-51)56-25-19-32-42(20-21-42)43(32)22-23-43;1-24(2,3)33-23(30)29-17-18(16-25(29,4)5)14-15-20(19-10-7-6-8-11-19)27-21-12-9-13-22(28-21)34(26,31)32;19-15-11(16(23)24)1-2-13(20-15)22-9-3-14(21-22)25-10-4-12-17(5-6-17)18(12)7-8-18/h6-13,15,17-18,24,28,31-32H,14,16,19-23,25-27H2,1-5H3,(H,45,46)(H,49,52);6-13,18,20H,14-17H2,1-5H3,(H,27,28)(H2,26,31,32);1-3,9,12H,4-8,10H2,(H,23,24)/t28-,31?;18-,20?;/m00./s1. The molecule has 16 rings (SSSR count). The zero-order chi connectivity index (χ0) is 83.5. The number of carboxylic acids is 1. The average Bonchev–Trinajstić information content (AvgIpc) is 1.45. The predicted molar refractivity (Wildman–Crippen MR) is 442 cm³/mol. The van der Waals surface area contributed by atoms with Crippen LogP contribution in [-0.2, 0) is 29.5 Å². The zero-order valence-electron chi connectivity index (χ0n) is 67.9. The number of carbonyl (C=O) groups is 4. The van der Waals surface area contributed by atoms with Gasteiger partial charge < -0.3 is 44.5 Å². The highest BCUT2D eigenvalue weighted by molar-refractivity contribution is 7.90. The van der Waals surface area contributed by atoms with Crippen LogP contribution in [0.5, 0.6) is 11.8 Å². The summed E-state index contributed by atoms with van der Waals surface area (Å²) < 4.78 is 78.7. The van der Waals surface area contributed by atoms with Crippen molar-refractivity contribution in [3.8, 4) is 23.4 Å². The van der Waals surface area contributed by atoms with E-state index >= 15 is 0 Å². The molecule has 3 amide bonds. The van der Waals surface area contributed by atoms with Gasteiger partial charge in [-0.15, -0.1) is 10.2 Å². The molecule has 8 heterocycles. The number of carbonyl (C=O) groups excluding carboxylic acids is 3. The highest BCUT2D eigenvalue weighted by atomic mass is 35.5. The first-order chi connectivity index (χ1) is 55.3. The van der Waals surface area contributed by atoms with Gasteiger partial charge in [0.1, 0.15) is 33.1 Å². The van der Waals surface area contributed by atoms with Crippen LogP contribution in [0.2, 0.25) is 10.3 Å². The van der Waals surface area contributed by atoms with Crippen molar-refractivity contribution in [2.24, 2.45) is 50.5 Å². The number of rotatable bonds is 27. The molecule has 4 atom stereocenters. The van der Waals surface area contributed by atoms with E-state index in [1.165, 1.54) is 91.1 Å². The molecule has 2 unspecified atom stereocenters. The van der Waals surface area contributed by atoms with E-state index in [0.29, 0.717) is 95.3 Å². The van der Waals surface area contributed by atoms with Crippen molar-refractivity contribution in [1.82, 2.24) is 54.0 Å². The highest BCUT2D eigenvalue weighted by Crippen LogP contribution is 2.94. The molecule has 8 aromatic rings. The summed E-state index contributed by atoms with van der Waals surface area (Å²) in [5.41, 5.74) is 2.87. The minimum atomic E-state index is -4.41. The lowest BCUT2D eigenvalue weighted by molar-refractivity contribution is 0.0118. The second kappa shape index (κ2) is 32.4. The molecule has 8 aliphatic rings. The van der Waals surface area contributed by atoms with Crippen LogP contribution in [0.25, 0.3) is 11.6 Å². The monoisotopic (exact) mass is 1680 g/mol. The van der Waals surface area contributed by atoms with Gasteiger partial charge in [-0.1, -0.05) is 96.0 Å². The number of aromatic carboxylic acids is 1. The summed E-state index contributed by atoms with van der Waals surface area (Å²) in [6.45, 7) is 22.0. The van der Waals surface area contributed by atoms with Crippen LogP contribution in [-0.4, -0.2) is 144 Å². The molecule has 27 nitrogen and oxygen atoms in total. The number of pyridine rings is 4. The number of nitrogens with two attached hydrogens (primary N) is 1. The number of halogens is 2. The number of anilines is 2. The second-order valence-corrected chi connectivity index (χ2v) is 39.9. The van der Waals surface area contributed by atoms with Crippen molar-refractivity contribution in [1.29, 1.82) is 0 Å². The fourth-order valence-electron chi connectivity index (χ4n) is 18.9. The number of primary sulfonamides is 1. The maximum Gasteiger partial charge on any atom is 0.410 e. The van der Waals surface area contributed by atoms with Crippen LogP contribution in [0.4, 0.5) is 21.2 Å². The van der Waals surface area contributed by atoms with E-state index in [1.54, 1.807) is 54.9 Å². The molecule has 2 aliphatic heterocycles. The largest absolute Gasteiger partial charge is 0.478 e. The number of ether oxygens (including phenoxy) is 4. The Morgan fingerprint density at radius 1 is 0.521 bits per heavy atom. The van der Waals surface area contributed by atoms with Crippen LogP contribution in [0.15, 0.2) is 156 Å². The molecule has 2 saturated heterocycles. The number of aromatic nitrogens is 8. The third kappa shape index (κ3) is 19.0. The molecule has 624 valence electrons. The number of likely N-dealkylation sites (tertiary alicyclic amines) is 2. The first-order valence-corrected chi connectivity index (χ1v) is 44.2. The Morgan fingerprint density at radius 3 is 1.29 bits per heavy atom. The van der Waals surface area contributed by atoms with Crippen molar-refractivity contribution < 1.29 is 60.1 Å². The number of nitrogens with zero attached hydrogens (tertiary/aromatic N) is 10. The van der Waals surface area contributed by atoms with E-state index in [1.807, 2.05) is 112 Å². The first kappa shape index (κ1) is 84.0. The third-order valence-corrected chi connectivity index (χ3v) is 27.5. The molecule has 6 saturated carbocycles. The number of fused-ring (bicyclic) bond motifs is 2.